The molecule has 76 valence electrons. The molecule has 0 aliphatic carbocycles. The van der Waals surface area contributed by atoms with Gasteiger partial charge in [0.1, 0.15) is 0 Å². The van der Waals surface area contributed by atoms with Crippen LogP contribution in [0.3, 0.4) is 0 Å². The van der Waals surface area contributed by atoms with E-state index in [1.54, 1.807) is 0 Å². The monoisotopic (exact) mass is 248 g/mol. The molecule has 1 saturated heterocycles. The molecule has 0 aromatic carbocycles. The van der Waals surface area contributed by atoms with Gasteiger partial charge in [0.15, 0.2) is 0 Å². The van der Waals surface area contributed by atoms with Gasteiger partial charge in [-0.25, -0.2) is 0 Å². The van der Waals surface area contributed by atoms with Crippen molar-refractivity contribution < 1.29 is 4.79 Å². The molecule has 1 unspecified atom stereocenters. The van der Waals surface area contributed by atoms with Gasteiger partial charge in [-0.1, -0.05) is 15.9 Å². The number of likely N-dealkylation sites (tertiary alicyclic amines) is 1. The predicted molar refractivity (Wildman–Crippen MR) is 57.1 cm³/mol. The number of nitrogens with one attached hydrogen (secondary N) is 1. The van der Waals surface area contributed by atoms with E-state index in [-0.39, 0.29) is 10.7 Å². The van der Waals surface area contributed by atoms with Gasteiger partial charge < -0.3 is 10.2 Å². The third-order valence-electron chi connectivity index (χ3n) is 2.43. The number of halogens is 1. The van der Waals surface area contributed by atoms with Crippen LogP contribution in [-0.2, 0) is 4.79 Å². The Labute approximate surface area is 88.0 Å². The first-order chi connectivity index (χ1) is 6.09. The highest BCUT2D eigenvalue weighted by Gasteiger charge is 2.19. The summed E-state index contributed by atoms with van der Waals surface area (Å²) in [5.41, 5.74) is 0. The smallest absolute Gasteiger partial charge is 0.233 e. The van der Waals surface area contributed by atoms with Crippen LogP contribution in [0.4, 0.5) is 0 Å². The van der Waals surface area contributed by atoms with Crippen molar-refractivity contribution in [2.24, 2.45) is 0 Å². The van der Waals surface area contributed by atoms with Gasteiger partial charge in [-0.05, 0) is 39.9 Å². The van der Waals surface area contributed by atoms with Crippen LogP contribution in [0.5, 0.6) is 0 Å². The number of piperidine rings is 1. The molecule has 1 aliphatic rings. The molecule has 1 rings (SSSR count). The Kier molecular flexibility index (Phi) is 4.19. The fraction of sp³-hybridized carbons (Fsp3) is 0.889. The fourth-order valence-corrected chi connectivity index (χ4v) is 1.60. The Bertz CT molecular complexity index is 176. The maximum atomic E-state index is 11.3. The second-order valence-electron chi connectivity index (χ2n) is 3.70. The second-order valence-corrected chi connectivity index (χ2v) is 5.08. The number of nitrogens with zero attached hydrogens (tertiary/aromatic N) is 1. The number of hydrogen-bond donors (Lipinski definition) is 1. The van der Waals surface area contributed by atoms with Gasteiger partial charge >= 0.3 is 0 Å². The Morgan fingerprint density at radius 3 is 2.54 bits per heavy atom. The average molecular weight is 249 g/mol. The lowest BCUT2D eigenvalue weighted by molar-refractivity contribution is -0.121. The first-order valence-corrected chi connectivity index (χ1v) is 5.64. The molecule has 1 amide bonds. The summed E-state index contributed by atoms with van der Waals surface area (Å²) < 4.78 is 0. The molecule has 1 aliphatic heterocycles. The minimum absolute atomic E-state index is 0.0767. The van der Waals surface area contributed by atoms with Gasteiger partial charge in [0.2, 0.25) is 5.91 Å². The van der Waals surface area contributed by atoms with E-state index in [1.807, 2.05) is 6.92 Å². The van der Waals surface area contributed by atoms with Gasteiger partial charge in [-0.2, -0.15) is 0 Å². The van der Waals surface area contributed by atoms with Crippen LogP contribution in [0.1, 0.15) is 19.8 Å². The molecule has 0 bridgehead atoms. The van der Waals surface area contributed by atoms with Crippen LogP contribution in [0.2, 0.25) is 0 Å². The zero-order valence-corrected chi connectivity index (χ0v) is 9.80. The molecular weight excluding hydrogens is 232 g/mol. The second kappa shape index (κ2) is 4.96. The summed E-state index contributed by atoms with van der Waals surface area (Å²) in [6, 6.07) is 0.378. The highest BCUT2D eigenvalue weighted by Crippen LogP contribution is 2.09. The molecule has 0 saturated carbocycles. The summed E-state index contributed by atoms with van der Waals surface area (Å²) in [5.74, 6) is 0.106. The van der Waals surface area contributed by atoms with E-state index in [9.17, 15) is 4.79 Å². The van der Waals surface area contributed by atoms with Crippen LogP contribution in [0.25, 0.3) is 0 Å². The molecule has 0 spiro atoms. The number of carbonyl (C=O) groups excluding carboxylic acids is 1. The molecule has 0 aromatic rings. The molecule has 0 radical (unpaired) electrons. The van der Waals surface area contributed by atoms with E-state index < -0.39 is 0 Å². The lowest BCUT2D eigenvalue weighted by atomic mass is 10.1. The molecular formula is C9H17BrN2O. The molecule has 4 heteroatoms. The van der Waals surface area contributed by atoms with Crippen molar-refractivity contribution in [3.05, 3.63) is 0 Å². The zero-order valence-electron chi connectivity index (χ0n) is 8.22. The minimum atomic E-state index is -0.0767. The third kappa shape index (κ3) is 3.65. The van der Waals surface area contributed by atoms with Crippen molar-refractivity contribution in [2.75, 3.05) is 20.1 Å². The van der Waals surface area contributed by atoms with Crippen LogP contribution in [-0.4, -0.2) is 41.8 Å². The van der Waals surface area contributed by atoms with E-state index in [0.717, 1.165) is 25.9 Å². The van der Waals surface area contributed by atoms with Gasteiger partial charge in [-0.3, -0.25) is 4.79 Å². The maximum absolute atomic E-state index is 11.3. The Hall–Kier alpha value is -0.0900. The first kappa shape index (κ1) is 11.0. The lowest BCUT2D eigenvalue weighted by Gasteiger charge is -2.29. The summed E-state index contributed by atoms with van der Waals surface area (Å²) >= 11 is 3.26. The molecule has 1 heterocycles. The minimum Gasteiger partial charge on any atom is -0.352 e. The number of carbonyl (C=O) groups is 1. The summed E-state index contributed by atoms with van der Waals surface area (Å²) in [5, 5.41) is 3.03. The maximum Gasteiger partial charge on any atom is 0.233 e. The van der Waals surface area contributed by atoms with Crippen molar-refractivity contribution in [1.29, 1.82) is 0 Å². The van der Waals surface area contributed by atoms with E-state index in [0.29, 0.717) is 6.04 Å². The summed E-state index contributed by atoms with van der Waals surface area (Å²) in [6.45, 7) is 4.02. The normalized spacial score (nSPS) is 22.7. The number of rotatable bonds is 2. The topological polar surface area (TPSA) is 32.3 Å². The van der Waals surface area contributed by atoms with Gasteiger partial charge in [0.25, 0.3) is 0 Å². The van der Waals surface area contributed by atoms with Crippen LogP contribution >= 0.6 is 15.9 Å². The number of hydrogen-bond acceptors (Lipinski definition) is 2. The van der Waals surface area contributed by atoms with Crippen molar-refractivity contribution >= 4 is 21.8 Å². The molecule has 1 N–H and O–H groups in total. The Morgan fingerprint density at radius 2 is 2.08 bits per heavy atom. The molecule has 1 fully saturated rings. The van der Waals surface area contributed by atoms with Crippen molar-refractivity contribution in [1.82, 2.24) is 10.2 Å². The average Bonchev–Trinajstić information content (AvgIpc) is 2.08. The largest absolute Gasteiger partial charge is 0.352 e. The quantitative estimate of drug-likeness (QED) is 0.740. The van der Waals surface area contributed by atoms with Crippen molar-refractivity contribution in [3.63, 3.8) is 0 Å². The van der Waals surface area contributed by atoms with Gasteiger partial charge in [0.05, 0.1) is 4.83 Å². The molecule has 13 heavy (non-hydrogen) atoms. The molecule has 3 nitrogen and oxygen atoms in total. The molecule has 1 atom stereocenters. The summed E-state index contributed by atoms with van der Waals surface area (Å²) in [4.78, 5) is 13.5. The first-order valence-electron chi connectivity index (χ1n) is 4.72. The van der Waals surface area contributed by atoms with Crippen molar-refractivity contribution in [3.8, 4) is 0 Å². The fourth-order valence-electron chi connectivity index (χ4n) is 1.47. The highest BCUT2D eigenvalue weighted by atomic mass is 79.9. The van der Waals surface area contributed by atoms with Crippen LogP contribution in [0, 0.1) is 0 Å². The lowest BCUT2D eigenvalue weighted by Crippen LogP contribution is -2.45. The Morgan fingerprint density at radius 1 is 1.54 bits per heavy atom. The summed E-state index contributed by atoms with van der Waals surface area (Å²) in [6.07, 6.45) is 2.14. The van der Waals surface area contributed by atoms with Crippen LogP contribution in [0.15, 0.2) is 0 Å². The highest BCUT2D eigenvalue weighted by molar-refractivity contribution is 9.10. The van der Waals surface area contributed by atoms with Gasteiger partial charge in [0, 0.05) is 6.04 Å². The SMILES string of the molecule is CC(Br)C(=O)NC1CCN(C)CC1. The van der Waals surface area contributed by atoms with E-state index >= 15 is 0 Å². The van der Waals surface area contributed by atoms with E-state index in [4.69, 9.17) is 0 Å². The van der Waals surface area contributed by atoms with E-state index in [1.165, 1.54) is 0 Å². The predicted octanol–water partition coefficient (Wildman–Crippen LogP) is 0.980. The van der Waals surface area contributed by atoms with Gasteiger partial charge in [-0.15, -0.1) is 0 Å². The summed E-state index contributed by atoms with van der Waals surface area (Å²) in [7, 11) is 2.12. The third-order valence-corrected chi connectivity index (χ3v) is 2.84. The Balaban J connectivity index is 2.26. The zero-order chi connectivity index (χ0) is 9.84. The standard InChI is InChI=1S/C9H17BrN2O/c1-7(10)9(13)11-8-3-5-12(2)6-4-8/h7-8H,3-6H2,1-2H3,(H,11,13). The number of amides is 1. The number of alkyl halides is 1. The molecule has 0 aromatic heterocycles. The van der Waals surface area contributed by atoms with E-state index in [2.05, 4.69) is 33.2 Å². The van der Waals surface area contributed by atoms with Crippen molar-refractivity contribution in [2.45, 2.75) is 30.6 Å². The van der Waals surface area contributed by atoms with Crippen LogP contribution < -0.4 is 5.32 Å².